The van der Waals surface area contributed by atoms with Gasteiger partial charge in [-0.2, -0.15) is 5.10 Å². The fourth-order valence-electron chi connectivity index (χ4n) is 3.91. The SMILES string of the molecule is CC#C[C@@H](CC)c1ccc(OCc2ccc3c(cnn3CC3CCCO3)c2)cc1. The molecule has 0 spiro atoms. The van der Waals surface area contributed by atoms with Crippen LogP contribution in [0.1, 0.15) is 50.2 Å². The van der Waals surface area contributed by atoms with Gasteiger partial charge in [-0.15, -0.1) is 5.92 Å². The van der Waals surface area contributed by atoms with E-state index in [1.165, 1.54) is 5.56 Å². The van der Waals surface area contributed by atoms with Crippen molar-refractivity contribution in [1.29, 1.82) is 0 Å². The van der Waals surface area contributed by atoms with Crippen LogP contribution < -0.4 is 4.74 Å². The normalized spacial score (nSPS) is 17.1. The van der Waals surface area contributed by atoms with E-state index in [-0.39, 0.29) is 0 Å². The van der Waals surface area contributed by atoms with Gasteiger partial charge in [0.2, 0.25) is 0 Å². The van der Waals surface area contributed by atoms with E-state index in [1.807, 2.05) is 25.3 Å². The van der Waals surface area contributed by atoms with Crippen LogP contribution in [0.25, 0.3) is 10.9 Å². The first-order valence-electron chi connectivity index (χ1n) is 10.5. The molecule has 0 aliphatic carbocycles. The van der Waals surface area contributed by atoms with Crippen LogP contribution in [0.4, 0.5) is 0 Å². The van der Waals surface area contributed by atoms with Gasteiger partial charge in [0.05, 0.1) is 24.4 Å². The Kier molecular flexibility index (Phi) is 6.17. The number of ether oxygens (including phenoxy) is 2. The molecule has 150 valence electrons. The third-order valence-electron chi connectivity index (χ3n) is 5.52. The zero-order valence-electron chi connectivity index (χ0n) is 17.2. The Morgan fingerprint density at radius 3 is 2.83 bits per heavy atom. The molecule has 4 heteroatoms. The lowest BCUT2D eigenvalue weighted by Crippen LogP contribution is -2.15. The van der Waals surface area contributed by atoms with Gasteiger partial charge in [-0.1, -0.05) is 31.0 Å². The lowest BCUT2D eigenvalue weighted by molar-refractivity contribution is 0.0951. The summed E-state index contributed by atoms with van der Waals surface area (Å²) in [6, 6.07) is 14.7. The summed E-state index contributed by atoms with van der Waals surface area (Å²) < 4.78 is 13.8. The van der Waals surface area contributed by atoms with E-state index in [1.54, 1.807) is 0 Å². The topological polar surface area (TPSA) is 36.3 Å². The molecule has 0 amide bonds. The summed E-state index contributed by atoms with van der Waals surface area (Å²) >= 11 is 0. The Labute approximate surface area is 172 Å². The summed E-state index contributed by atoms with van der Waals surface area (Å²) in [6.07, 6.45) is 5.51. The highest BCUT2D eigenvalue weighted by atomic mass is 16.5. The predicted molar refractivity (Wildman–Crippen MR) is 116 cm³/mol. The Morgan fingerprint density at radius 2 is 2.10 bits per heavy atom. The third-order valence-corrected chi connectivity index (χ3v) is 5.52. The highest BCUT2D eigenvalue weighted by Gasteiger charge is 2.17. The van der Waals surface area contributed by atoms with Gasteiger partial charge in [0.15, 0.2) is 0 Å². The molecule has 2 heterocycles. The van der Waals surface area contributed by atoms with Crippen molar-refractivity contribution < 1.29 is 9.47 Å². The molecule has 29 heavy (non-hydrogen) atoms. The molecule has 1 aliphatic heterocycles. The molecule has 2 aromatic carbocycles. The van der Waals surface area contributed by atoms with E-state index in [4.69, 9.17) is 9.47 Å². The molecule has 4 nitrogen and oxygen atoms in total. The first-order chi connectivity index (χ1) is 14.3. The van der Waals surface area contributed by atoms with E-state index in [0.717, 1.165) is 54.6 Å². The summed E-state index contributed by atoms with van der Waals surface area (Å²) in [6.45, 7) is 6.30. The van der Waals surface area contributed by atoms with Crippen molar-refractivity contribution in [3.63, 3.8) is 0 Å². The molecule has 1 unspecified atom stereocenters. The summed E-state index contributed by atoms with van der Waals surface area (Å²) in [5.74, 6) is 7.45. The smallest absolute Gasteiger partial charge is 0.119 e. The van der Waals surface area contributed by atoms with E-state index >= 15 is 0 Å². The lowest BCUT2D eigenvalue weighted by Gasteiger charge is -2.11. The highest BCUT2D eigenvalue weighted by molar-refractivity contribution is 5.79. The van der Waals surface area contributed by atoms with Crippen molar-refractivity contribution in [3.8, 4) is 17.6 Å². The van der Waals surface area contributed by atoms with E-state index in [9.17, 15) is 0 Å². The summed E-state index contributed by atoms with van der Waals surface area (Å²) in [4.78, 5) is 0. The van der Waals surface area contributed by atoms with Crippen molar-refractivity contribution in [3.05, 3.63) is 59.8 Å². The molecule has 4 rings (SSSR count). The molecule has 0 N–H and O–H groups in total. The molecule has 1 aliphatic rings. The lowest BCUT2D eigenvalue weighted by atomic mass is 9.97. The van der Waals surface area contributed by atoms with Gasteiger partial charge in [-0.3, -0.25) is 4.68 Å². The summed E-state index contributed by atoms with van der Waals surface area (Å²) in [7, 11) is 0. The number of benzene rings is 2. The molecule has 1 fully saturated rings. The minimum absolute atomic E-state index is 0.291. The second kappa shape index (κ2) is 9.15. The van der Waals surface area contributed by atoms with Crippen molar-refractivity contribution in [2.24, 2.45) is 0 Å². The molecule has 0 radical (unpaired) electrons. The van der Waals surface area contributed by atoms with Gasteiger partial charge in [-0.25, -0.2) is 0 Å². The third kappa shape index (κ3) is 4.63. The van der Waals surface area contributed by atoms with Crippen LogP contribution in [0.15, 0.2) is 48.7 Å². The quantitative estimate of drug-likeness (QED) is 0.515. The zero-order valence-corrected chi connectivity index (χ0v) is 17.2. The number of hydrogen-bond donors (Lipinski definition) is 0. The maximum atomic E-state index is 6.00. The number of nitrogens with zero attached hydrogens (tertiary/aromatic N) is 2. The van der Waals surface area contributed by atoms with Crippen molar-refractivity contribution in [2.45, 2.75) is 58.3 Å². The largest absolute Gasteiger partial charge is 0.489 e. The fraction of sp³-hybridized carbons (Fsp3) is 0.400. The van der Waals surface area contributed by atoms with E-state index in [2.05, 4.69) is 58.9 Å². The molecule has 1 aromatic heterocycles. The zero-order chi connectivity index (χ0) is 20.1. The highest BCUT2D eigenvalue weighted by Crippen LogP contribution is 2.23. The van der Waals surface area contributed by atoms with Crippen molar-refractivity contribution >= 4 is 10.9 Å². The minimum atomic E-state index is 0.291. The summed E-state index contributed by atoms with van der Waals surface area (Å²) in [5, 5.41) is 5.69. The van der Waals surface area contributed by atoms with Gasteiger partial charge in [-0.05, 0) is 61.6 Å². The maximum Gasteiger partial charge on any atom is 0.119 e. The van der Waals surface area contributed by atoms with Gasteiger partial charge >= 0.3 is 0 Å². The fourth-order valence-corrected chi connectivity index (χ4v) is 3.91. The Bertz CT molecular complexity index is 1000. The first kappa shape index (κ1) is 19.5. The van der Waals surface area contributed by atoms with Gasteiger partial charge in [0.1, 0.15) is 12.4 Å². The second-order valence-corrected chi connectivity index (χ2v) is 7.57. The first-order valence-corrected chi connectivity index (χ1v) is 10.5. The van der Waals surface area contributed by atoms with Crippen molar-refractivity contribution in [1.82, 2.24) is 9.78 Å². The molecule has 2 atom stereocenters. The van der Waals surface area contributed by atoms with Crippen LogP contribution in [0.2, 0.25) is 0 Å². The minimum Gasteiger partial charge on any atom is -0.489 e. The predicted octanol–water partition coefficient (Wildman–Crippen LogP) is 5.31. The van der Waals surface area contributed by atoms with Crippen LogP contribution >= 0.6 is 0 Å². The van der Waals surface area contributed by atoms with E-state index < -0.39 is 0 Å². The summed E-state index contributed by atoms with van der Waals surface area (Å²) in [5.41, 5.74) is 3.53. The van der Waals surface area contributed by atoms with Crippen LogP contribution in [-0.2, 0) is 17.9 Å². The van der Waals surface area contributed by atoms with Crippen LogP contribution in [0, 0.1) is 11.8 Å². The Balaban J connectivity index is 1.39. The van der Waals surface area contributed by atoms with Gasteiger partial charge < -0.3 is 9.47 Å². The monoisotopic (exact) mass is 388 g/mol. The molecule has 0 saturated carbocycles. The standard InChI is InChI=1S/C25H28N2O2/c1-3-6-20(4-2)21-9-11-23(12-10-21)29-18-19-8-13-25-22(15-19)16-26-27(25)17-24-7-5-14-28-24/h8-13,15-16,20,24H,4-5,7,14,17-18H2,1-2H3/t20-,24?/m1/s1. The molecule has 1 saturated heterocycles. The number of rotatable bonds is 7. The molecule has 3 aromatic rings. The van der Waals surface area contributed by atoms with Crippen LogP contribution in [0.5, 0.6) is 5.75 Å². The Morgan fingerprint density at radius 1 is 1.24 bits per heavy atom. The Hall–Kier alpha value is -2.77. The van der Waals surface area contributed by atoms with Crippen LogP contribution in [-0.4, -0.2) is 22.5 Å². The number of aromatic nitrogens is 2. The molecular formula is C25H28N2O2. The number of hydrogen-bond acceptors (Lipinski definition) is 3. The second-order valence-electron chi connectivity index (χ2n) is 7.57. The average Bonchev–Trinajstić information content (AvgIpc) is 3.41. The van der Waals surface area contributed by atoms with E-state index in [0.29, 0.717) is 18.6 Å². The maximum absolute atomic E-state index is 6.00. The average molecular weight is 389 g/mol. The van der Waals surface area contributed by atoms with Crippen LogP contribution in [0.3, 0.4) is 0 Å². The van der Waals surface area contributed by atoms with Gasteiger partial charge in [0, 0.05) is 17.9 Å². The van der Waals surface area contributed by atoms with Crippen molar-refractivity contribution in [2.75, 3.05) is 6.61 Å². The molecule has 0 bridgehead atoms. The number of fused-ring (bicyclic) bond motifs is 1. The van der Waals surface area contributed by atoms with Gasteiger partial charge in [0.25, 0.3) is 0 Å². The molecular weight excluding hydrogens is 360 g/mol.